The molecule has 0 aliphatic rings. The standard InChI is InChI=1S/C15H21NO2S/c1-3-13(4-2)15(18)16-10-14-9-12(11-19-14)7-5-6-8-17/h9,11,13,17H,3-4,6,8,10H2,1-2H3,(H,16,18). The van der Waals surface area contributed by atoms with E-state index in [0.717, 1.165) is 23.3 Å². The van der Waals surface area contributed by atoms with Gasteiger partial charge in [-0.05, 0) is 18.9 Å². The first-order valence-corrected chi connectivity index (χ1v) is 7.54. The van der Waals surface area contributed by atoms with Gasteiger partial charge in [-0.3, -0.25) is 4.79 Å². The van der Waals surface area contributed by atoms with Gasteiger partial charge in [0.25, 0.3) is 0 Å². The van der Waals surface area contributed by atoms with Crippen LogP contribution in [0.15, 0.2) is 11.4 Å². The third kappa shape index (κ3) is 5.46. The van der Waals surface area contributed by atoms with Gasteiger partial charge in [0.1, 0.15) is 0 Å². The van der Waals surface area contributed by atoms with E-state index in [-0.39, 0.29) is 18.4 Å². The molecule has 19 heavy (non-hydrogen) atoms. The molecule has 0 fully saturated rings. The Hall–Kier alpha value is -1.31. The van der Waals surface area contributed by atoms with Gasteiger partial charge in [-0.2, -0.15) is 0 Å². The molecule has 1 aromatic heterocycles. The summed E-state index contributed by atoms with van der Waals surface area (Å²) in [5.41, 5.74) is 0.949. The summed E-state index contributed by atoms with van der Waals surface area (Å²) < 4.78 is 0. The average molecular weight is 279 g/mol. The molecule has 0 unspecified atom stereocenters. The highest BCUT2D eigenvalue weighted by Gasteiger charge is 2.13. The molecular formula is C15H21NO2S. The third-order valence-electron chi connectivity index (χ3n) is 2.92. The minimum atomic E-state index is 0.0927. The number of aliphatic hydroxyl groups excluding tert-OH is 1. The molecule has 0 aliphatic carbocycles. The van der Waals surface area contributed by atoms with E-state index in [4.69, 9.17) is 5.11 Å². The number of hydrogen-bond acceptors (Lipinski definition) is 3. The van der Waals surface area contributed by atoms with Crippen molar-refractivity contribution < 1.29 is 9.90 Å². The Balaban J connectivity index is 2.46. The monoisotopic (exact) mass is 279 g/mol. The van der Waals surface area contributed by atoms with Crippen LogP contribution in [0.1, 0.15) is 43.6 Å². The van der Waals surface area contributed by atoms with Gasteiger partial charge in [0, 0.05) is 28.2 Å². The summed E-state index contributed by atoms with van der Waals surface area (Å²) in [6.45, 7) is 4.73. The first kappa shape index (κ1) is 15.7. The molecule has 3 nitrogen and oxygen atoms in total. The van der Waals surface area contributed by atoms with Crippen LogP contribution in [0.3, 0.4) is 0 Å². The van der Waals surface area contributed by atoms with E-state index in [1.165, 1.54) is 0 Å². The summed E-state index contributed by atoms with van der Waals surface area (Å²) in [7, 11) is 0. The SMILES string of the molecule is CCC(CC)C(=O)NCc1cc(C#CCCO)cs1. The first-order valence-electron chi connectivity index (χ1n) is 6.66. The topological polar surface area (TPSA) is 49.3 Å². The molecule has 0 aromatic carbocycles. The quantitative estimate of drug-likeness (QED) is 0.786. The van der Waals surface area contributed by atoms with Gasteiger partial charge in [0.15, 0.2) is 0 Å². The summed E-state index contributed by atoms with van der Waals surface area (Å²) in [5.74, 6) is 6.12. The number of thiophene rings is 1. The lowest BCUT2D eigenvalue weighted by molar-refractivity contribution is -0.125. The van der Waals surface area contributed by atoms with Crippen LogP contribution in [0.2, 0.25) is 0 Å². The molecule has 0 atom stereocenters. The number of aliphatic hydroxyl groups is 1. The van der Waals surface area contributed by atoms with Gasteiger partial charge in [0.05, 0.1) is 13.2 Å². The molecule has 1 aromatic rings. The first-order chi connectivity index (χ1) is 9.21. The lowest BCUT2D eigenvalue weighted by atomic mass is 10.0. The molecule has 104 valence electrons. The van der Waals surface area contributed by atoms with Crippen molar-refractivity contribution in [2.75, 3.05) is 6.61 Å². The second-order valence-corrected chi connectivity index (χ2v) is 5.30. The fourth-order valence-electron chi connectivity index (χ4n) is 1.74. The molecule has 2 N–H and O–H groups in total. The van der Waals surface area contributed by atoms with E-state index >= 15 is 0 Å². The second-order valence-electron chi connectivity index (χ2n) is 4.31. The van der Waals surface area contributed by atoms with E-state index in [2.05, 4.69) is 17.2 Å². The van der Waals surface area contributed by atoms with Crippen molar-refractivity contribution in [3.05, 3.63) is 21.9 Å². The van der Waals surface area contributed by atoms with Crippen LogP contribution in [0, 0.1) is 17.8 Å². The van der Waals surface area contributed by atoms with Gasteiger partial charge in [-0.15, -0.1) is 11.3 Å². The maximum atomic E-state index is 11.8. The summed E-state index contributed by atoms with van der Waals surface area (Å²) in [6, 6.07) is 1.99. The van der Waals surface area contributed by atoms with Crippen LogP contribution in [0.5, 0.6) is 0 Å². The third-order valence-corrected chi connectivity index (χ3v) is 3.85. The Morgan fingerprint density at radius 1 is 1.47 bits per heavy atom. The van der Waals surface area contributed by atoms with Crippen molar-refractivity contribution in [2.45, 2.75) is 39.7 Å². The van der Waals surface area contributed by atoms with Crippen molar-refractivity contribution in [1.82, 2.24) is 5.32 Å². The maximum Gasteiger partial charge on any atom is 0.223 e. The predicted octanol–water partition coefficient (Wildman–Crippen LogP) is 2.53. The summed E-state index contributed by atoms with van der Waals surface area (Å²) in [5, 5.41) is 13.6. The lowest BCUT2D eigenvalue weighted by Gasteiger charge is -2.11. The van der Waals surface area contributed by atoms with Crippen LogP contribution in [0.4, 0.5) is 0 Å². The van der Waals surface area contributed by atoms with Crippen molar-refractivity contribution in [2.24, 2.45) is 5.92 Å². The van der Waals surface area contributed by atoms with Crippen molar-refractivity contribution in [3.63, 3.8) is 0 Å². The van der Waals surface area contributed by atoms with Crippen LogP contribution in [-0.2, 0) is 11.3 Å². The van der Waals surface area contributed by atoms with Crippen molar-refractivity contribution in [3.8, 4) is 11.8 Å². The zero-order valence-electron chi connectivity index (χ0n) is 11.5. The Bertz CT molecular complexity index is 452. The Morgan fingerprint density at radius 3 is 2.84 bits per heavy atom. The smallest absolute Gasteiger partial charge is 0.223 e. The zero-order chi connectivity index (χ0) is 14.1. The minimum absolute atomic E-state index is 0.0927. The molecule has 4 heteroatoms. The summed E-state index contributed by atoms with van der Waals surface area (Å²) >= 11 is 1.60. The average Bonchev–Trinajstić information content (AvgIpc) is 2.86. The maximum absolute atomic E-state index is 11.8. The Kier molecular flexibility index (Phi) is 7.24. The molecule has 0 saturated carbocycles. The van der Waals surface area contributed by atoms with Gasteiger partial charge in [-0.1, -0.05) is 25.7 Å². The van der Waals surface area contributed by atoms with E-state index < -0.39 is 0 Å². The summed E-state index contributed by atoms with van der Waals surface area (Å²) in [4.78, 5) is 12.9. The highest BCUT2D eigenvalue weighted by atomic mass is 32.1. The van der Waals surface area contributed by atoms with Crippen molar-refractivity contribution >= 4 is 17.2 Å². The number of rotatable bonds is 6. The number of carbonyl (C=O) groups is 1. The number of amides is 1. The second kappa shape index (κ2) is 8.73. The lowest BCUT2D eigenvalue weighted by Crippen LogP contribution is -2.29. The fraction of sp³-hybridized carbons (Fsp3) is 0.533. The van der Waals surface area contributed by atoms with Gasteiger partial charge < -0.3 is 10.4 Å². The van der Waals surface area contributed by atoms with Gasteiger partial charge in [-0.25, -0.2) is 0 Å². The van der Waals surface area contributed by atoms with Crippen LogP contribution >= 0.6 is 11.3 Å². The molecule has 1 amide bonds. The van der Waals surface area contributed by atoms with Crippen LogP contribution in [-0.4, -0.2) is 17.6 Å². The number of carbonyl (C=O) groups excluding carboxylic acids is 1. The molecule has 1 rings (SSSR count). The molecule has 1 heterocycles. The highest BCUT2D eigenvalue weighted by molar-refractivity contribution is 7.10. The fourth-order valence-corrected chi connectivity index (χ4v) is 2.49. The molecule has 0 saturated heterocycles. The number of hydrogen-bond donors (Lipinski definition) is 2. The molecular weight excluding hydrogens is 258 g/mol. The number of nitrogens with one attached hydrogen (secondary N) is 1. The predicted molar refractivity (Wildman–Crippen MR) is 78.8 cm³/mol. The van der Waals surface area contributed by atoms with Gasteiger partial charge in [0.2, 0.25) is 5.91 Å². The summed E-state index contributed by atoms with van der Waals surface area (Å²) in [6.07, 6.45) is 2.26. The molecule has 0 aliphatic heterocycles. The zero-order valence-corrected chi connectivity index (χ0v) is 12.3. The van der Waals surface area contributed by atoms with Gasteiger partial charge >= 0.3 is 0 Å². The van der Waals surface area contributed by atoms with Crippen LogP contribution in [0.25, 0.3) is 0 Å². The highest BCUT2D eigenvalue weighted by Crippen LogP contribution is 2.14. The largest absolute Gasteiger partial charge is 0.395 e. The molecule has 0 radical (unpaired) electrons. The van der Waals surface area contributed by atoms with E-state index in [1.807, 2.05) is 25.3 Å². The normalized spacial score (nSPS) is 10.1. The van der Waals surface area contributed by atoms with Crippen LogP contribution < -0.4 is 5.32 Å². The Labute approximate surface area is 119 Å². The molecule has 0 bridgehead atoms. The van der Waals surface area contributed by atoms with E-state index in [0.29, 0.717) is 13.0 Å². The van der Waals surface area contributed by atoms with Crippen molar-refractivity contribution in [1.29, 1.82) is 0 Å². The minimum Gasteiger partial charge on any atom is -0.395 e. The Morgan fingerprint density at radius 2 is 2.21 bits per heavy atom. The van der Waals surface area contributed by atoms with E-state index in [9.17, 15) is 4.79 Å². The van der Waals surface area contributed by atoms with E-state index in [1.54, 1.807) is 11.3 Å². The molecule has 0 spiro atoms.